The molecule has 1 fully saturated rings. The minimum absolute atomic E-state index is 0.569. The molecule has 1 saturated heterocycles. The Morgan fingerprint density at radius 2 is 2.19 bits per heavy atom. The smallest absolute Gasteiger partial charge is 0.129 e. The van der Waals surface area contributed by atoms with Crippen LogP contribution in [0, 0.1) is 0 Å². The topological polar surface area (TPSA) is 24.9 Å². The van der Waals surface area contributed by atoms with Gasteiger partial charge in [0.1, 0.15) is 5.15 Å². The van der Waals surface area contributed by atoms with Gasteiger partial charge in [0.25, 0.3) is 0 Å². The molecular weight excluding hydrogens is 220 g/mol. The van der Waals surface area contributed by atoms with Crippen molar-refractivity contribution >= 4 is 17.2 Å². The first-order valence-electron chi connectivity index (χ1n) is 5.88. The van der Waals surface area contributed by atoms with Gasteiger partial charge >= 0.3 is 0 Å². The summed E-state index contributed by atoms with van der Waals surface area (Å²) in [7, 11) is 0. The summed E-state index contributed by atoms with van der Waals surface area (Å²) in [5, 5.41) is 4.15. The van der Waals surface area contributed by atoms with Crippen LogP contribution in [0.25, 0.3) is 5.57 Å². The zero-order valence-corrected chi connectivity index (χ0v) is 9.87. The maximum Gasteiger partial charge on any atom is 0.129 e. The standard InChI is InChI=1S/C13H15ClN2/c14-13-6-3-10(8-15-13)9-1-4-11-7-12(16-11)5-2-9/h1,3,6,8,11-12,16H,2,4-5,7H2/b9-1+. The molecule has 2 nitrogen and oxygen atoms in total. The van der Waals surface area contributed by atoms with Crippen molar-refractivity contribution in [1.29, 1.82) is 0 Å². The maximum atomic E-state index is 5.80. The molecule has 0 saturated carbocycles. The van der Waals surface area contributed by atoms with Crippen LogP contribution in [0.4, 0.5) is 0 Å². The predicted molar refractivity (Wildman–Crippen MR) is 66.4 cm³/mol. The normalized spacial score (nSPS) is 31.9. The van der Waals surface area contributed by atoms with Gasteiger partial charge in [0.15, 0.2) is 0 Å². The van der Waals surface area contributed by atoms with Crippen molar-refractivity contribution in [3.63, 3.8) is 0 Å². The highest BCUT2D eigenvalue weighted by Gasteiger charge is 2.28. The van der Waals surface area contributed by atoms with Crippen molar-refractivity contribution in [1.82, 2.24) is 10.3 Å². The van der Waals surface area contributed by atoms with Gasteiger partial charge in [-0.25, -0.2) is 4.98 Å². The lowest BCUT2D eigenvalue weighted by atomic mass is 9.84. The second kappa shape index (κ2) is 4.19. The largest absolute Gasteiger partial charge is 0.311 e. The molecule has 2 bridgehead atoms. The van der Waals surface area contributed by atoms with E-state index in [1.807, 2.05) is 12.3 Å². The quantitative estimate of drug-likeness (QED) is 0.756. The van der Waals surface area contributed by atoms with Crippen LogP contribution in [-0.2, 0) is 0 Å². The van der Waals surface area contributed by atoms with Crippen LogP contribution >= 0.6 is 11.6 Å². The third kappa shape index (κ3) is 2.00. The summed E-state index contributed by atoms with van der Waals surface area (Å²) in [6.07, 6.45) is 9.13. The van der Waals surface area contributed by atoms with E-state index < -0.39 is 0 Å². The summed E-state index contributed by atoms with van der Waals surface area (Å²) in [4.78, 5) is 4.15. The van der Waals surface area contributed by atoms with Crippen LogP contribution in [0.3, 0.4) is 0 Å². The third-order valence-electron chi connectivity index (χ3n) is 3.55. The molecule has 0 aromatic carbocycles. The molecule has 4 rings (SSSR count). The van der Waals surface area contributed by atoms with Gasteiger partial charge in [0.05, 0.1) is 0 Å². The summed E-state index contributed by atoms with van der Waals surface area (Å²) in [6, 6.07) is 5.40. The minimum Gasteiger partial charge on any atom is -0.311 e. The molecule has 2 aliphatic heterocycles. The zero-order chi connectivity index (χ0) is 11.0. The number of hydrogen-bond acceptors (Lipinski definition) is 2. The van der Waals surface area contributed by atoms with E-state index in [1.54, 1.807) is 0 Å². The molecule has 16 heavy (non-hydrogen) atoms. The molecule has 0 amide bonds. The molecule has 84 valence electrons. The highest BCUT2D eigenvalue weighted by atomic mass is 35.5. The summed E-state index contributed by atoms with van der Waals surface area (Å²) in [5.74, 6) is 0. The second-order valence-electron chi connectivity index (χ2n) is 4.67. The first kappa shape index (κ1) is 10.3. The molecule has 2 atom stereocenters. The molecule has 3 heteroatoms. The predicted octanol–water partition coefficient (Wildman–Crippen LogP) is 3.03. The van der Waals surface area contributed by atoms with E-state index in [0.29, 0.717) is 11.2 Å². The van der Waals surface area contributed by atoms with Crippen LogP contribution in [-0.4, -0.2) is 17.1 Å². The molecule has 0 radical (unpaired) electrons. The number of nitrogens with zero attached hydrogens (tertiary/aromatic N) is 1. The van der Waals surface area contributed by atoms with Crippen LogP contribution in [0.15, 0.2) is 24.4 Å². The van der Waals surface area contributed by atoms with Gasteiger partial charge in [-0.3, -0.25) is 0 Å². The average molecular weight is 235 g/mol. The molecule has 1 aromatic heterocycles. The van der Waals surface area contributed by atoms with E-state index in [0.717, 1.165) is 18.9 Å². The maximum absolute atomic E-state index is 5.80. The number of aromatic nitrogens is 1. The van der Waals surface area contributed by atoms with Gasteiger partial charge in [0.2, 0.25) is 0 Å². The Labute approximate surface area is 101 Å². The number of rotatable bonds is 1. The van der Waals surface area contributed by atoms with E-state index in [9.17, 15) is 0 Å². The second-order valence-corrected chi connectivity index (χ2v) is 5.06. The van der Waals surface area contributed by atoms with Gasteiger partial charge in [-0.2, -0.15) is 0 Å². The van der Waals surface area contributed by atoms with Crippen LogP contribution in [0.5, 0.6) is 0 Å². The molecule has 0 spiro atoms. The Balaban J connectivity index is 1.82. The van der Waals surface area contributed by atoms with Gasteiger partial charge < -0.3 is 5.32 Å². The third-order valence-corrected chi connectivity index (χ3v) is 3.77. The first-order valence-corrected chi connectivity index (χ1v) is 6.26. The number of fused-ring (bicyclic) bond motifs is 3. The van der Waals surface area contributed by atoms with Gasteiger partial charge in [-0.15, -0.1) is 0 Å². The van der Waals surface area contributed by atoms with Crippen molar-refractivity contribution in [3.05, 3.63) is 35.1 Å². The van der Waals surface area contributed by atoms with Crippen LogP contribution < -0.4 is 5.32 Å². The summed E-state index contributed by atoms with van der Waals surface area (Å²) >= 11 is 5.80. The molecule has 3 heterocycles. The molecule has 2 unspecified atom stereocenters. The van der Waals surface area contributed by atoms with E-state index >= 15 is 0 Å². The minimum atomic E-state index is 0.569. The first-order chi connectivity index (χ1) is 7.81. The lowest BCUT2D eigenvalue weighted by Gasteiger charge is -2.39. The monoisotopic (exact) mass is 234 g/mol. The SMILES string of the molecule is Clc1ccc(/C2=C/CC3CC(CC2)N3)cn1. The van der Waals surface area contributed by atoms with E-state index in [4.69, 9.17) is 11.6 Å². The number of halogens is 1. The molecular formula is C13H15ClN2. The Kier molecular flexibility index (Phi) is 2.70. The fourth-order valence-electron chi connectivity index (χ4n) is 2.56. The van der Waals surface area contributed by atoms with Crippen molar-refractivity contribution in [2.45, 2.75) is 37.8 Å². The Morgan fingerprint density at radius 3 is 2.94 bits per heavy atom. The van der Waals surface area contributed by atoms with E-state index in [-0.39, 0.29) is 0 Å². The fraction of sp³-hybridized carbons (Fsp3) is 0.462. The summed E-state index contributed by atoms with van der Waals surface area (Å²) < 4.78 is 0. The summed E-state index contributed by atoms with van der Waals surface area (Å²) in [5.41, 5.74) is 2.66. The van der Waals surface area contributed by atoms with Crippen LogP contribution in [0.1, 0.15) is 31.2 Å². The Hall–Kier alpha value is -0.860. The molecule has 1 aliphatic carbocycles. The van der Waals surface area contributed by atoms with E-state index in [1.165, 1.54) is 24.0 Å². The number of pyridine rings is 1. The lowest BCUT2D eigenvalue weighted by Crippen LogP contribution is -2.52. The van der Waals surface area contributed by atoms with Crippen molar-refractivity contribution < 1.29 is 0 Å². The van der Waals surface area contributed by atoms with Crippen molar-refractivity contribution in [3.8, 4) is 0 Å². The lowest BCUT2D eigenvalue weighted by molar-refractivity contribution is 0.251. The zero-order valence-electron chi connectivity index (χ0n) is 9.12. The fourth-order valence-corrected chi connectivity index (χ4v) is 2.67. The van der Waals surface area contributed by atoms with Gasteiger partial charge in [0, 0.05) is 18.3 Å². The van der Waals surface area contributed by atoms with E-state index in [2.05, 4.69) is 22.4 Å². The van der Waals surface area contributed by atoms with Crippen LogP contribution in [0.2, 0.25) is 5.15 Å². The molecule has 1 aromatic rings. The number of hydrogen-bond donors (Lipinski definition) is 1. The highest BCUT2D eigenvalue weighted by Crippen LogP contribution is 2.30. The average Bonchev–Trinajstić information content (AvgIpc) is 2.17. The Morgan fingerprint density at radius 1 is 1.31 bits per heavy atom. The summed E-state index contributed by atoms with van der Waals surface area (Å²) in [6.45, 7) is 0. The van der Waals surface area contributed by atoms with Crippen molar-refractivity contribution in [2.75, 3.05) is 0 Å². The molecule has 3 aliphatic rings. The molecule has 1 N–H and O–H groups in total. The number of allylic oxidation sites excluding steroid dienone is 1. The number of nitrogens with one attached hydrogen (secondary N) is 1. The van der Waals surface area contributed by atoms with Crippen molar-refractivity contribution in [2.24, 2.45) is 0 Å². The van der Waals surface area contributed by atoms with Gasteiger partial charge in [-0.1, -0.05) is 23.7 Å². The highest BCUT2D eigenvalue weighted by molar-refractivity contribution is 6.29. The Bertz CT molecular complexity index is 404. The van der Waals surface area contributed by atoms with Gasteiger partial charge in [-0.05, 0) is 42.9 Å².